The molecule has 0 aliphatic heterocycles. The molecule has 0 saturated carbocycles. The maximum Gasteiger partial charge on any atom is 0.250 e. The topological polar surface area (TPSA) is 39.4 Å². The van der Waals surface area contributed by atoms with E-state index in [1.165, 1.54) is 18.6 Å². The van der Waals surface area contributed by atoms with Crippen molar-refractivity contribution in [1.29, 1.82) is 0 Å². The summed E-state index contributed by atoms with van der Waals surface area (Å²) in [6.07, 6.45) is 2.74. The summed E-state index contributed by atoms with van der Waals surface area (Å²) < 4.78 is 10.8. The van der Waals surface area contributed by atoms with Gasteiger partial charge in [-0.05, 0) is 18.1 Å². The van der Waals surface area contributed by atoms with Crippen LogP contribution in [-0.2, 0) is 0 Å². The molecule has 1 rings (SSSR count). The third kappa shape index (κ3) is 2.72. The van der Waals surface area contributed by atoms with Crippen molar-refractivity contribution in [3.8, 4) is 5.75 Å². The van der Waals surface area contributed by atoms with Gasteiger partial charge in [-0.1, -0.05) is 20.8 Å². The second-order valence-corrected chi connectivity index (χ2v) is 9.87. The first-order chi connectivity index (χ1) is 6.74. The highest BCUT2D eigenvalue weighted by Crippen LogP contribution is 2.36. The normalized spacial score (nSPS) is 12.6. The molecule has 0 N–H and O–H groups in total. The predicted molar refractivity (Wildman–Crippen MR) is 62.8 cm³/mol. The zero-order chi connectivity index (χ0) is 11.7. The van der Waals surface area contributed by atoms with Gasteiger partial charge in [-0.15, -0.1) is 0 Å². The first-order valence-electron chi connectivity index (χ1n) is 4.99. The van der Waals surface area contributed by atoms with Gasteiger partial charge in [0, 0.05) is 6.07 Å². The Balaban J connectivity index is 2.97. The number of hydrogen-bond acceptors (Lipinski definition) is 3. The minimum Gasteiger partial charge on any atom is -0.539 e. The molecule has 0 aromatic carbocycles. The van der Waals surface area contributed by atoms with Crippen LogP contribution in [0.5, 0.6) is 5.75 Å². The lowest BCUT2D eigenvalue weighted by molar-refractivity contribution is 0.452. The van der Waals surface area contributed by atoms with Gasteiger partial charge in [0.2, 0.25) is 5.43 Å². The van der Waals surface area contributed by atoms with Crippen LogP contribution in [0.15, 0.2) is 27.8 Å². The molecule has 0 atom stereocenters. The summed E-state index contributed by atoms with van der Waals surface area (Å²) in [4.78, 5) is 11.5. The van der Waals surface area contributed by atoms with Crippen LogP contribution in [0, 0.1) is 0 Å². The zero-order valence-electron chi connectivity index (χ0n) is 9.96. The first-order valence-corrected chi connectivity index (χ1v) is 7.90. The van der Waals surface area contributed by atoms with Gasteiger partial charge in [0.25, 0.3) is 8.32 Å². The van der Waals surface area contributed by atoms with Crippen LogP contribution in [0.4, 0.5) is 0 Å². The van der Waals surface area contributed by atoms with Gasteiger partial charge in [-0.3, -0.25) is 4.79 Å². The van der Waals surface area contributed by atoms with Crippen LogP contribution < -0.4 is 9.85 Å². The molecule has 0 unspecified atom stereocenters. The van der Waals surface area contributed by atoms with E-state index in [4.69, 9.17) is 8.84 Å². The molecule has 84 valence electrons. The van der Waals surface area contributed by atoms with Crippen molar-refractivity contribution < 1.29 is 8.84 Å². The van der Waals surface area contributed by atoms with Crippen LogP contribution in [0.25, 0.3) is 0 Å². The first kappa shape index (κ1) is 12.0. The van der Waals surface area contributed by atoms with Crippen molar-refractivity contribution in [3.05, 3.63) is 28.8 Å². The summed E-state index contributed by atoms with van der Waals surface area (Å²) in [6.45, 7) is 10.6. The van der Waals surface area contributed by atoms with Crippen molar-refractivity contribution in [2.75, 3.05) is 0 Å². The Hall–Kier alpha value is -1.03. The van der Waals surface area contributed by atoms with Crippen molar-refractivity contribution >= 4 is 8.32 Å². The second-order valence-electron chi connectivity index (χ2n) is 5.15. The van der Waals surface area contributed by atoms with Crippen LogP contribution in [0.3, 0.4) is 0 Å². The van der Waals surface area contributed by atoms with Crippen molar-refractivity contribution in [2.24, 2.45) is 0 Å². The fourth-order valence-electron chi connectivity index (χ4n) is 0.845. The highest BCUT2D eigenvalue weighted by atomic mass is 28.4. The summed E-state index contributed by atoms with van der Waals surface area (Å²) in [5.74, 6) is 0.323. The Kier molecular flexibility index (Phi) is 3.09. The maximum atomic E-state index is 11.5. The molecule has 1 heterocycles. The molecule has 15 heavy (non-hydrogen) atoms. The van der Waals surface area contributed by atoms with Crippen LogP contribution >= 0.6 is 0 Å². The van der Waals surface area contributed by atoms with E-state index in [0.29, 0.717) is 5.75 Å². The van der Waals surface area contributed by atoms with E-state index in [1.54, 1.807) is 0 Å². The third-order valence-electron chi connectivity index (χ3n) is 2.89. The smallest absolute Gasteiger partial charge is 0.250 e. The SMILES string of the molecule is CC(C)(C)[Si](C)(C)Oc1coccc1=O. The zero-order valence-corrected chi connectivity index (χ0v) is 11.0. The Morgan fingerprint density at radius 3 is 2.40 bits per heavy atom. The molecule has 0 spiro atoms. The molecular weight excluding hydrogens is 208 g/mol. The van der Waals surface area contributed by atoms with E-state index < -0.39 is 8.32 Å². The van der Waals surface area contributed by atoms with Crippen molar-refractivity contribution in [2.45, 2.75) is 38.9 Å². The van der Waals surface area contributed by atoms with E-state index in [2.05, 4.69) is 33.9 Å². The molecule has 1 aromatic rings. The van der Waals surface area contributed by atoms with Crippen LogP contribution in [-0.4, -0.2) is 8.32 Å². The molecule has 0 aliphatic rings. The Labute approximate surface area is 91.2 Å². The highest BCUT2D eigenvalue weighted by molar-refractivity contribution is 6.74. The lowest BCUT2D eigenvalue weighted by Gasteiger charge is -2.35. The number of rotatable bonds is 2. The van der Waals surface area contributed by atoms with Gasteiger partial charge >= 0.3 is 0 Å². The van der Waals surface area contributed by atoms with E-state index >= 15 is 0 Å². The van der Waals surface area contributed by atoms with Crippen molar-refractivity contribution in [1.82, 2.24) is 0 Å². The average Bonchev–Trinajstić information content (AvgIpc) is 2.06. The maximum absolute atomic E-state index is 11.5. The quantitative estimate of drug-likeness (QED) is 0.728. The van der Waals surface area contributed by atoms with E-state index in [0.717, 1.165) is 0 Å². The molecule has 0 aliphatic carbocycles. The lowest BCUT2D eigenvalue weighted by atomic mass is 10.2. The monoisotopic (exact) mass is 226 g/mol. The Bertz CT molecular complexity index is 387. The van der Waals surface area contributed by atoms with Gasteiger partial charge in [0.1, 0.15) is 6.26 Å². The van der Waals surface area contributed by atoms with Crippen LogP contribution in [0.2, 0.25) is 18.1 Å². The molecule has 4 heteroatoms. The summed E-state index contributed by atoms with van der Waals surface area (Å²) in [5, 5.41) is 0.0787. The van der Waals surface area contributed by atoms with Gasteiger partial charge in [-0.25, -0.2) is 0 Å². The summed E-state index contributed by atoms with van der Waals surface area (Å²) >= 11 is 0. The Morgan fingerprint density at radius 1 is 1.33 bits per heavy atom. The lowest BCUT2D eigenvalue weighted by Crippen LogP contribution is -2.44. The molecule has 0 radical (unpaired) electrons. The van der Waals surface area contributed by atoms with Gasteiger partial charge < -0.3 is 8.84 Å². The summed E-state index contributed by atoms with van der Waals surface area (Å²) in [7, 11) is -1.94. The van der Waals surface area contributed by atoms with E-state index in [9.17, 15) is 4.79 Å². The standard InChI is InChI=1S/C11H18O3Si/c1-11(2,3)15(4,5)14-10-8-13-7-6-9(10)12/h6-8H,1-5H3. The van der Waals surface area contributed by atoms with Gasteiger partial charge in [-0.2, -0.15) is 0 Å². The summed E-state index contributed by atoms with van der Waals surface area (Å²) in [5.41, 5.74) is -0.119. The van der Waals surface area contributed by atoms with E-state index in [-0.39, 0.29) is 10.5 Å². The molecular formula is C11H18O3Si. The fourth-order valence-corrected chi connectivity index (χ4v) is 1.85. The van der Waals surface area contributed by atoms with Crippen molar-refractivity contribution in [3.63, 3.8) is 0 Å². The van der Waals surface area contributed by atoms with E-state index in [1.807, 2.05) is 0 Å². The molecule has 0 amide bonds. The Morgan fingerprint density at radius 2 is 1.93 bits per heavy atom. The molecule has 1 aromatic heterocycles. The predicted octanol–water partition coefficient (Wildman–Crippen LogP) is 3.02. The third-order valence-corrected chi connectivity index (χ3v) is 7.23. The summed E-state index contributed by atoms with van der Waals surface area (Å²) in [6, 6.07) is 1.38. The molecule has 0 saturated heterocycles. The van der Waals surface area contributed by atoms with Gasteiger partial charge in [0.15, 0.2) is 5.75 Å². The minimum absolute atomic E-state index is 0.0787. The highest BCUT2D eigenvalue weighted by Gasteiger charge is 2.39. The fraction of sp³-hybridized carbons (Fsp3) is 0.545. The second kappa shape index (κ2) is 3.85. The molecule has 0 fully saturated rings. The average molecular weight is 226 g/mol. The molecule has 0 bridgehead atoms. The minimum atomic E-state index is -1.94. The van der Waals surface area contributed by atoms with Crippen LogP contribution in [0.1, 0.15) is 20.8 Å². The number of hydrogen-bond donors (Lipinski definition) is 0. The van der Waals surface area contributed by atoms with Gasteiger partial charge in [0.05, 0.1) is 6.26 Å². The largest absolute Gasteiger partial charge is 0.539 e. The molecule has 3 nitrogen and oxygen atoms in total.